The van der Waals surface area contributed by atoms with Crippen molar-refractivity contribution in [2.45, 2.75) is 6.92 Å². The Morgan fingerprint density at radius 3 is 2.76 bits per heavy atom. The Morgan fingerprint density at radius 2 is 2.16 bits per heavy atom. The summed E-state index contributed by atoms with van der Waals surface area (Å²) < 4.78 is 6.26. The second-order valence-corrected chi connectivity index (χ2v) is 7.21. The smallest absolute Gasteiger partial charge is 0.337 e. The molecule has 25 heavy (non-hydrogen) atoms. The van der Waals surface area contributed by atoms with Gasteiger partial charge < -0.3 is 9.52 Å². The van der Waals surface area contributed by atoms with Crippen molar-refractivity contribution in [2.75, 3.05) is 6.54 Å². The van der Waals surface area contributed by atoms with E-state index in [4.69, 9.17) is 33.3 Å². The van der Waals surface area contributed by atoms with E-state index in [1.54, 1.807) is 24.3 Å². The van der Waals surface area contributed by atoms with Crippen LogP contribution in [0, 0.1) is 0 Å². The van der Waals surface area contributed by atoms with Crippen LogP contribution in [0.1, 0.15) is 23.0 Å². The zero-order chi connectivity index (χ0) is 18.1. The number of thiocarbonyl (C=S) groups is 1. The Morgan fingerprint density at radius 1 is 1.40 bits per heavy atom. The number of benzene rings is 1. The first-order chi connectivity index (χ1) is 11.9. The molecule has 0 spiro atoms. The van der Waals surface area contributed by atoms with E-state index in [9.17, 15) is 9.59 Å². The molecule has 1 fully saturated rings. The van der Waals surface area contributed by atoms with E-state index in [1.165, 1.54) is 28.8 Å². The molecule has 0 radical (unpaired) electrons. The lowest BCUT2D eigenvalue weighted by atomic mass is 10.1. The molecule has 0 unspecified atom stereocenters. The van der Waals surface area contributed by atoms with Crippen LogP contribution < -0.4 is 0 Å². The van der Waals surface area contributed by atoms with E-state index in [1.807, 2.05) is 6.92 Å². The SMILES string of the molecule is CCN1C(=O)/C(=C\c2ccc(-c3ccc(C(=O)O)c(Cl)c3)o2)SC1=S. The Labute approximate surface area is 158 Å². The van der Waals surface area contributed by atoms with Gasteiger partial charge in [-0.2, -0.15) is 0 Å². The Hall–Kier alpha value is -2.09. The Bertz CT molecular complexity index is 919. The minimum Gasteiger partial charge on any atom is -0.478 e. The van der Waals surface area contributed by atoms with Crippen LogP contribution in [0.4, 0.5) is 0 Å². The van der Waals surface area contributed by atoms with Gasteiger partial charge in [-0.1, -0.05) is 41.6 Å². The number of aromatic carboxylic acids is 1. The first kappa shape index (κ1) is 17.7. The predicted octanol–water partition coefficient (Wildman–Crippen LogP) is 4.52. The van der Waals surface area contributed by atoms with E-state index in [2.05, 4.69) is 0 Å². The van der Waals surface area contributed by atoms with Gasteiger partial charge in [-0.3, -0.25) is 9.69 Å². The molecule has 1 amide bonds. The summed E-state index contributed by atoms with van der Waals surface area (Å²) in [6.45, 7) is 2.39. The number of carbonyl (C=O) groups excluding carboxylic acids is 1. The van der Waals surface area contributed by atoms with Gasteiger partial charge in [-0.25, -0.2) is 4.79 Å². The average molecular weight is 394 g/mol. The fourth-order valence-electron chi connectivity index (χ4n) is 2.33. The quantitative estimate of drug-likeness (QED) is 0.608. The molecule has 0 atom stereocenters. The monoisotopic (exact) mass is 393 g/mol. The molecule has 0 saturated carbocycles. The highest BCUT2D eigenvalue weighted by Gasteiger charge is 2.30. The maximum absolute atomic E-state index is 12.2. The van der Waals surface area contributed by atoms with Gasteiger partial charge >= 0.3 is 5.97 Å². The molecule has 1 aliphatic rings. The highest BCUT2D eigenvalue weighted by molar-refractivity contribution is 8.26. The first-order valence-corrected chi connectivity index (χ1v) is 8.89. The van der Waals surface area contributed by atoms with Crippen molar-refractivity contribution in [3.63, 3.8) is 0 Å². The number of hydrogen-bond acceptors (Lipinski definition) is 5. The van der Waals surface area contributed by atoms with Gasteiger partial charge in [0.2, 0.25) is 0 Å². The topological polar surface area (TPSA) is 70.8 Å². The van der Waals surface area contributed by atoms with Crippen molar-refractivity contribution in [1.29, 1.82) is 0 Å². The highest BCUT2D eigenvalue weighted by atomic mass is 35.5. The number of nitrogens with zero attached hydrogens (tertiary/aromatic N) is 1. The van der Waals surface area contributed by atoms with E-state index in [0.717, 1.165) is 0 Å². The zero-order valence-corrected chi connectivity index (χ0v) is 15.4. The van der Waals surface area contributed by atoms with Crippen molar-refractivity contribution in [3.8, 4) is 11.3 Å². The van der Waals surface area contributed by atoms with Crippen LogP contribution in [-0.2, 0) is 4.79 Å². The van der Waals surface area contributed by atoms with Crippen molar-refractivity contribution in [1.82, 2.24) is 4.90 Å². The van der Waals surface area contributed by atoms with Gasteiger partial charge in [0.05, 0.1) is 15.5 Å². The third-order valence-corrected chi connectivity index (χ3v) is 5.26. The van der Waals surface area contributed by atoms with Crippen LogP contribution in [0.25, 0.3) is 17.4 Å². The van der Waals surface area contributed by atoms with Crippen LogP contribution in [0.5, 0.6) is 0 Å². The molecule has 1 aromatic carbocycles. The summed E-state index contributed by atoms with van der Waals surface area (Å²) in [5, 5.41) is 9.15. The first-order valence-electron chi connectivity index (χ1n) is 7.29. The number of carboxylic acid groups (broad SMARTS) is 1. The van der Waals surface area contributed by atoms with Crippen molar-refractivity contribution in [3.05, 3.63) is 51.6 Å². The predicted molar refractivity (Wildman–Crippen MR) is 102 cm³/mol. The van der Waals surface area contributed by atoms with Crippen molar-refractivity contribution in [2.24, 2.45) is 0 Å². The molecule has 1 aliphatic heterocycles. The molecule has 1 saturated heterocycles. The lowest BCUT2D eigenvalue weighted by Gasteiger charge is -2.09. The molecule has 2 heterocycles. The largest absolute Gasteiger partial charge is 0.478 e. The maximum atomic E-state index is 12.2. The fourth-order valence-corrected chi connectivity index (χ4v) is 3.95. The van der Waals surface area contributed by atoms with Gasteiger partial charge in [0.25, 0.3) is 5.91 Å². The number of carboxylic acids is 1. The number of rotatable bonds is 4. The number of halogens is 1. The van der Waals surface area contributed by atoms with Crippen molar-refractivity contribution >= 4 is 57.9 Å². The third-order valence-electron chi connectivity index (χ3n) is 3.57. The van der Waals surface area contributed by atoms with E-state index in [-0.39, 0.29) is 16.5 Å². The minimum atomic E-state index is -1.09. The molecule has 5 nitrogen and oxygen atoms in total. The molecular weight excluding hydrogens is 382 g/mol. The minimum absolute atomic E-state index is 0.0282. The Kier molecular flexibility index (Phi) is 4.99. The van der Waals surface area contributed by atoms with Gasteiger partial charge in [0, 0.05) is 18.2 Å². The summed E-state index contributed by atoms with van der Waals surface area (Å²) >= 11 is 12.4. The Balaban J connectivity index is 1.87. The van der Waals surface area contributed by atoms with Gasteiger partial charge in [-0.15, -0.1) is 0 Å². The molecule has 1 aromatic heterocycles. The molecule has 0 bridgehead atoms. The maximum Gasteiger partial charge on any atom is 0.337 e. The molecule has 2 aromatic rings. The number of carbonyl (C=O) groups is 2. The number of furan rings is 1. The lowest BCUT2D eigenvalue weighted by molar-refractivity contribution is -0.122. The highest BCUT2D eigenvalue weighted by Crippen LogP contribution is 2.34. The third kappa shape index (κ3) is 3.49. The summed E-state index contributed by atoms with van der Waals surface area (Å²) in [7, 11) is 0. The van der Waals surface area contributed by atoms with Crippen LogP contribution in [-0.4, -0.2) is 32.7 Å². The molecular formula is C17H12ClNO4S2. The van der Waals surface area contributed by atoms with Crippen LogP contribution in [0.2, 0.25) is 5.02 Å². The second-order valence-electron chi connectivity index (χ2n) is 5.13. The molecule has 128 valence electrons. The number of thioether (sulfide) groups is 1. The molecule has 8 heteroatoms. The summed E-state index contributed by atoms with van der Waals surface area (Å²) in [5.41, 5.74) is 0.677. The van der Waals surface area contributed by atoms with Crippen LogP contribution in [0.15, 0.2) is 39.7 Å². The number of amides is 1. The lowest BCUT2D eigenvalue weighted by Crippen LogP contribution is -2.27. The summed E-state index contributed by atoms with van der Waals surface area (Å²) in [5.74, 6) is -0.194. The summed E-state index contributed by atoms with van der Waals surface area (Å²) in [6.07, 6.45) is 1.64. The van der Waals surface area contributed by atoms with E-state index in [0.29, 0.717) is 32.9 Å². The number of likely N-dealkylation sites (N-methyl/N-ethyl adjacent to an activating group) is 1. The fraction of sp³-hybridized carbons (Fsp3) is 0.118. The zero-order valence-electron chi connectivity index (χ0n) is 13.0. The van der Waals surface area contributed by atoms with Crippen LogP contribution >= 0.6 is 35.6 Å². The normalized spacial score (nSPS) is 16.1. The summed E-state index contributed by atoms with van der Waals surface area (Å²) in [4.78, 5) is 25.3. The standard InChI is InChI=1S/C17H12ClNO4S2/c1-2-19-15(20)14(25-17(19)24)8-10-4-6-13(23-10)9-3-5-11(16(21)22)12(18)7-9/h3-8H,2H2,1H3,(H,21,22)/b14-8+. The summed E-state index contributed by atoms with van der Waals surface area (Å²) in [6, 6.07) is 8.04. The van der Waals surface area contributed by atoms with Crippen molar-refractivity contribution < 1.29 is 19.1 Å². The van der Waals surface area contributed by atoms with Gasteiger partial charge in [0.15, 0.2) is 0 Å². The van der Waals surface area contributed by atoms with Gasteiger partial charge in [0.1, 0.15) is 15.8 Å². The second kappa shape index (κ2) is 7.03. The number of hydrogen-bond donors (Lipinski definition) is 1. The molecule has 1 N–H and O–H groups in total. The van der Waals surface area contributed by atoms with E-state index >= 15 is 0 Å². The average Bonchev–Trinajstić information content (AvgIpc) is 3.12. The van der Waals surface area contributed by atoms with E-state index < -0.39 is 5.97 Å². The molecule has 3 rings (SSSR count). The molecule has 0 aliphatic carbocycles. The van der Waals surface area contributed by atoms with Gasteiger partial charge in [-0.05, 0) is 31.2 Å². The van der Waals surface area contributed by atoms with Crippen LogP contribution in [0.3, 0.4) is 0 Å².